The van der Waals surface area contributed by atoms with E-state index in [2.05, 4.69) is 49.4 Å². The zero-order valence-corrected chi connectivity index (χ0v) is 9.37. The Balaban J connectivity index is 2.19. The standard InChI is InChI=1S/C15H18/c1-2-6-13-9-11-15(12-10-13)14-7-4-3-5-8-14/h2,6-7,9-12H,3-5,8H2,1H3. The summed E-state index contributed by atoms with van der Waals surface area (Å²) < 4.78 is 0. The van der Waals surface area contributed by atoms with E-state index >= 15 is 0 Å². The molecule has 78 valence electrons. The molecule has 0 fully saturated rings. The molecule has 0 bridgehead atoms. The van der Waals surface area contributed by atoms with E-state index in [0.717, 1.165) is 0 Å². The Hall–Kier alpha value is -1.30. The Morgan fingerprint density at radius 2 is 1.87 bits per heavy atom. The molecule has 0 saturated heterocycles. The van der Waals surface area contributed by atoms with Crippen molar-refractivity contribution in [3.05, 3.63) is 47.5 Å². The van der Waals surface area contributed by atoms with Crippen LogP contribution in [0.3, 0.4) is 0 Å². The van der Waals surface area contributed by atoms with E-state index in [0.29, 0.717) is 0 Å². The molecule has 0 aliphatic heterocycles. The molecule has 1 aliphatic rings. The van der Waals surface area contributed by atoms with Gasteiger partial charge in [0.25, 0.3) is 0 Å². The first-order valence-electron chi connectivity index (χ1n) is 5.82. The molecule has 2 rings (SSSR count). The van der Waals surface area contributed by atoms with Crippen LogP contribution in [0.25, 0.3) is 11.6 Å². The second kappa shape index (κ2) is 4.97. The molecular formula is C15H18. The van der Waals surface area contributed by atoms with Crippen LogP contribution in [0.2, 0.25) is 0 Å². The third-order valence-electron chi connectivity index (χ3n) is 2.93. The van der Waals surface area contributed by atoms with E-state index in [1.807, 2.05) is 0 Å². The molecule has 1 aliphatic carbocycles. The van der Waals surface area contributed by atoms with Gasteiger partial charge in [-0.3, -0.25) is 0 Å². The van der Waals surface area contributed by atoms with Crippen LogP contribution >= 0.6 is 0 Å². The van der Waals surface area contributed by atoms with Gasteiger partial charge in [0.05, 0.1) is 0 Å². The van der Waals surface area contributed by atoms with Crippen LogP contribution in [0, 0.1) is 0 Å². The van der Waals surface area contributed by atoms with Crippen LogP contribution in [0.5, 0.6) is 0 Å². The van der Waals surface area contributed by atoms with Crippen molar-refractivity contribution in [3.8, 4) is 0 Å². The van der Waals surface area contributed by atoms with E-state index in [-0.39, 0.29) is 0 Å². The molecule has 15 heavy (non-hydrogen) atoms. The molecule has 1 aromatic carbocycles. The van der Waals surface area contributed by atoms with Crippen LogP contribution < -0.4 is 0 Å². The van der Waals surface area contributed by atoms with Crippen molar-refractivity contribution in [1.29, 1.82) is 0 Å². The highest BCUT2D eigenvalue weighted by Gasteiger charge is 2.05. The first kappa shape index (κ1) is 10.2. The summed E-state index contributed by atoms with van der Waals surface area (Å²) in [5.41, 5.74) is 4.23. The van der Waals surface area contributed by atoms with Gasteiger partial charge in [-0.25, -0.2) is 0 Å². The fraction of sp³-hybridized carbons (Fsp3) is 0.333. The summed E-state index contributed by atoms with van der Waals surface area (Å²) >= 11 is 0. The molecule has 0 heteroatoms. The molecule has 1 aromatic rings. The molecule has 0 amide bonds. The zero-order chi connectivity index (χ0) is 10.5. The van der Waals surface area contributed by atoms with Crippen molar-refractivity contribution < 1.29 is 0 Å². The predicted octanol–water partition coefficient (Wildman–Crippen LogP) is 4.68. The first-order valence-corrected chi connectivity index (χ1v) is 5.82. The lowest BCUT2D eigenvalue weighted by Crippen LogP contribution is -1.91. The third kappa shape index (κ3) is 2.59. The Morgan fingerprint density at radius 3 is 2.47 bits per heavy atom. The average Bonchev–Trinajstić information content (AvgIpc) is 2.32. The fourth-order valence-electron chi connectivity index (χ4n) is 2.10. The second-order valence-electron chi connectivity index (χ2n) is 4.10. The minimum Gasteiger partial charge on any atom is -0.0871 e. The largest absolute Gasteiger partial charge is 0.0871 e. The van der Waals surface area contributed by atoms with Crippen LogP contribution in [-0.2, 0) is 0 Å². The predicted molar refractivity (Wildman–Crippen MR) is 67.6 cm³/mol. The number of hydrogen-bond donors (Lipinski definition) is 0. The van der Waals surface area contributed by atoms with E-state index < -0.39 is 0 Å². The number of hydrogen-bond acceptors (Lipinski definition) is 0. The normalized spacial score (nSPS) is 16.7. The maximum absolute atomic E-state index is 2.40. The molecule has 0 unspecified atom stereocenters. The lowest BCUT2D eigenvalue weighted by molar-refractivity contribution is 0.742. The molecule has 0 radical (unpaired) electrons. The minimum absolute atomic E-state index is 1.25. The smallest absolute Gasteiger partial charge is 0.0227 e. The first-order chi connectivity index (χ1) is 7.40. The van der Waals surface area contributed by atoms with Crippen LogP contribution in [-0.4, -0.2) is 0 Å². The lowest BCUT2D eigenvalue weighted by Gasteiger charge is -2.12. The van der Waals surface area contributed by atoms with E-state index in [1.165, 1.54) is 42.4 Å². The molecule has 0 N–H and O–H groups in total. The van der Waals surface area contributed by atoms with Crippen molar-refractivity contribution in [2.45, 2.75) is 32.6 Å². The van der Waals surface area contributed by atoms with Gasteiger partial charge in [-0.15, -0.1) is 0 Å². The van der Waals surface area contributed by atoms with E-state index in [1.54, 1.807) is 0 Å². The summed E-state index contributed by atoms with van der Waals surface area (Å²) in [5.74, 6) is 0. The van der Waals surface area contributed by atoms with Crippen molar-refractivity contribution in [3.63, 3.8) is 0 Å². The molecule has 0 spiro atoms. The van der Waals surface area contributed by atoms with Crippen molar-refractivity contribution in [1.82, 2.24) is 0 Å². The topological polar surface area (TPSA) is 0 Å². The highest BCUT2D eigenvalue weighted by molar-refractivity contribution is 5.67. The lowest BCUT2D eigenvalue weighted by atomic mass is 9.93. The van der Waals surface area contributed by atoms with Gasteiger partial charge < -0.3 is 0 Å². The van der Waals surface area contributed by atoms with Gasteiger partial charge in [0.1, 0.15) is 0 Å². The maximum atomic E-state index is 2.40. The minimum atomic E-state index is 1.25. The highest BCUT2D eigenvalue weighted by Crippen LogP contribution is 2.26. The number of rotatable bonds is 2. The third-order valence-corrected chi connectivity index (χ3v) is 2.93. The molecule has 0 aromatic heterocycles. The van der Waals surface area contributed by atoms with Crippen molar-refractivity contribution in [2.75, 3.05) is 0 Å². The Labute approximate surface area is 92.3 Å². The quantitative estimate of drug-likeness (QED) is 0.647. The van der Waals surface area contributed by atoms with Gasteiger partial charge in [0.15, 0.2) is 0 Å². The number of allylic oxidation sites excluding steroid dienone is 3. The van der Waals surface area contributed by atoms with Crippen LogP contribution in [0.1, 0.15) is 43.7 Å². The summed E-state index contributed by atoms with van der Waals surface area (Å²) in [5, 5.41) is 0. The van der Waals surface area contributed by atoms with Gasteiger partial charge >= 0.3 is 0 Å². The molecule has 0 saturated carbocycles. The molecule has 0 atom stereocenters. The van der Waals surface area contributed by atoms with Crippen LogP contribution in [0.4, 0.5) is 0 Å². The summed E-state index contributed by atoms with van der Waals surface area (Å²) in [6.45, 7) is 2.05. The second-order valence-corrected chi connectivity index (χ2v) is 4.10. The van der Waals surface area contributed by atoms with E-state index in [9.17, 15) is 0 Å². The SMILES string of the molecule is CC=Cc1ccc(C2=CCCCC2)cc1. The summed E-state index contributed by atoms with van der Waals surface area (Å²) in [7, 11) is 0. The molecule has 0 nitrogen and oxygen atoms in total. The molecule has 0 heterocycles. The summed E-state index contributed by atoms with van der Waals surface area (Å²) in [6, 6.07) is 8.88. The van der Waals surface area contributed by atoms with Gasteiger partial charge in [-0.2, -0.15) is 0 Å². The zero-order valence-electron chi connectivity index (χ0n) is 9.37. The summed E-state index contributed by atoms with van der Waals surface area (Å²) in [4.78, 5) is 0. The molecular weight excluding hydrogens is 180 g/mol. The van der Waals surface area contributed by atoms with Gasteiger partial charge in [-0.1, -0.05) is 42.5 Å². The van der Waals surface area contributed by atoms with Gasteiger partial charge in [0.2, 0.25) is 0 Å². The Morgan fingerprint density at radius 1 is 1.07 bits per heavy atom. The Bertz CT molecular complexity index is 366. The maximum Gasteiger partial charge on any atom is -0.0227 e. The van der Waals surface area contributed by atoms with E-state index in [4.69, 9.17) is 0 Å². The summed E-state index contributed by atoms with van der Waals surface area (Å²) in [6.07, 6.45) is 11.8. The van der Waals surface area contributed by atoms with Crippen molar-refractivity contribution >= 4 is 11.6 Å². The monoisotopic (exact) mass is 198 g/mol. The van der Waals surface area contributed by atoms with Gasteiger partial charge in [0, 0.05) is 0 Å². The number of benzene rings is 1. The van der Waals surface area contributed by atoms with Gasteiger partial charge in [-0.05, 0) is 49.3 Å². The van der Waals surface area contributed by atoms with Crippen LogP contribution in [0.15, 0.2) is 36.4 Å². The van der Waals surface area contributed by atoms with Crippen molar-refractivity contribution in [2.24, 2.45) is 0 Å². The fourth-order valence-corrected chi connectivity index (χ4v) is 2.10. The highest BCUT2D eigenvalue weighted by atomic mass is 14.1. The average molecular weight is 198 g/mol. The Kier molecular flexibility index (Phi) is 3.39.